The number of ether oxygens (including phenoxy) is 3. The first kappa shape index (κ1) is 27.5. The van der Waals surface area contributed by atoms with Crippen molar-refractivity contribution >= 4 is 5.91 Å². The van der Waals surface area contributed by atoms with Crippen molar-refractivity contribution in [3.63, 3.8) is 0 Å². The smallest absolute Gasteiger partial charge is 0.251 e. The fourth-order valence-corrected chi connectivity index (χ4v) is 3.66. The lowest BCUT2D eigenvalue weighted by atomic mass is 10.1. The molecule has 1 amide bonds. The molecule has 3 N–H and O–H groups in total. The highest BCUT2D eigenvalue weighted by molar-refractivity contribution is 5.81. The molecule has 3 rings (SSSR count). The molecule has 0 heterocycles. The number of nitrogens with one attached hydrogen (secondary N) is 1. The number of hydrogen-bond donors (Lipinski definition) is 3. The lowest BCUT2D eigenvalue weighted by Crippen LogP contribution is -2.52. The second kappa shape index (κ2) is 15.8. The quantitative estimate of drug-likeness (QED) is 0.265. The van der Waals surface area contributed by atoms with Gasteiger partial charge in [0.1, 0.15) is 12.2 Å². The van der Waals surface area contributed by atoms with Crippen molar-refractivity contribution in [3.8, 4) is 0 Å². The number of aliphatic hydroxyl groups is 2. The topological polar surface area (TPSA) is 97.3 Å². The van der Waals surface area contributed by atoms with Crippen molar-refractivity contribution in [2.75, 3.05) is 19.8 Å². The van der Waals surface area contributed by atoms with Crippen molar-refractivity contribution < 1.29 is 29.2 Å². The molecule has 0 unspecified atom stereocenters. The van der Waals surface area contributed by atoms with E-state index in [1.807, 2.05) is 91.0 Å². The summed E-state index contributed by atoms with van der Waals surface area (Å²) in [6.07, 6.45) is -2.35. The van der Waals surface area contributed by atoms with Crippen molar-refractivity contribution in [2.24, 2.45) is 0 Å². The average molecular weight is 494 g/mol. The Morgan fingerprint density at radius 3 is 1.64 bits per heavy atom. The number of rotatable bonds is 16. The Morgan fingerprint density at radius 2 is 1.17 bits per heavy atom. The summed E-state index contributed by atoms with van der Waals surface area (Å²) in [6, 6.07) is 28.7. The number of carbonyl (C=O) groups is 1. The van der Waals surface area contributed by atoms with Crippen molar-refractivity contribution in [1.29, 1.82) is 0 Å². The van der Waals surface area contributed by atoms with Crippen LogP contribution in [0.15, 0.2) is 91.0 Å². The van der Waals surface area contributed by atoms with Crippen LogP contribution in [0.3, 0.4) is 0 Å². The zero-order chi connectivity index (χ0) is 25.4. The molecule has 3 atom stereocenters. The summed E-state index contributed by atoms with van der Waals surface area (Å²) in [5, 5.41) is 22.2. The van der Waals surface area contributed by atoms with E-state index >= 15 is 0 Å². The fraction of sp³-hybridized carbons (Fsp3) is 0.345. The number of amides is 1. The Kier molecular flexibility index (Phi) is 12.1. The minimum atomic E-state index is -1.06. The van der Waals surface area contributed by atoms with Gasteiger partial charge in [-0.2, -0.15) is 0 Å². The minimum Gasteiger partial charge on any atom is -0.396 e. The lowest BCUT2D eigenvalue weighted by Gasteiger charge is -2.32. The second-order valence-electron chi connectivity index (χ2n) is 8.36. The molecule has 7 heteroatoms. The van der Waals surface area contributed by atoms with E-state index in [-0.39, 0.29) is 38.9 Å². The Morgan fingerprint density at radius 1 is 0.694 bits per heavy atom. The van der Waals surface area contributed by atoms with E-state index in [4.69, 9.17) is 19.3 Å². The van der Waals surface area contributed by atoms with Gasteiger partial charge in [-0.15, -0.1) is 0 Å². The Balaban J connectivity index is 1.82. The van der Waals surface area contributed by atoms with E-state index < -0.39 is 18.3 Å². The maximum atomic E-state index is 13.3. The number of hydrogen-bond acceptors (Lipinski definition) is 6. The van der Waals surface area contributed by atoms with Crippen LogP contribution in [0.5, 0.6) is 0 Å². The molecule has 0 bridgehead atoms. The van der Waals surface area contributed by atoms with Crippen LogP contribution in [-0.2, 0) is 38.8 Å². The summed E-state index contributed by atoms with van der Waals surface area (Å²) in [5.74, 6) is -0.390. The van der Waals surface area contributed by atoms with Crippen LogP contribution < -0.4 is 5.32 Å². The summed E-state index contributed by atoms with van der Waals surface area (Å²) in [7, 11) is 0. The van der Waals surface area contributed by atoms with Crippen LogP contribution in [0.1, 0.15) is 23.1 Å². The monoisotopic (exact) mass is 493 g/mol. The van der Waals surface area contributed by atoms with E-state index in [9.17, 15) is 9.90 Å². The Labute approximate surface area is 212 Å². The van der Waals surface area contributed by atoms with Gasteiger partial charge in [0.05, 0.1) is 26.4 Å². The third kappa shape index (κ3) is 9.18. The standard InChI is InChI=1S/C29H35NO6/c31-18-10-17-30-29(33)28(36-22-25-15-8-3-9-16-25)27(35-21-24-13-6-2-7-14-24)26(19-32)34-20-23-11-4-1-5-12-23/h1-9,11-16,26-28,31-32H,10,17-22H2,(H,30,33)/t26-,27+,28-/m1/s1. The van der Waals surface area contributed by atoms with Gasteiger partial charge in [0, 0.05) is 13.2 Å². The van der Waals surface area contributed by atoms with E-state index in [0.29, 0.717) is 13.0 Å². The molecule has 3 aromatic rings. The zero-order valence-electron chi connectivity index (χ0n) is 20.4. The maximum Gasteiger partial charge on any atom is 0.251 e. The van der Waals surface area contributed by atoms with Gasteiger partial charge in [0.15, 0.2) is 6.10 Å². The number of carbonyl (C=O) groups excluding carboxylic acids is 1. The van der Waals surface area contributed by atoms with Gasteiger partial charge in [-0.25, -0.2) is 0 Å². The number of benzene rings is 3. The van der Waals surface area contributed by atoms with E-state index in [0.717, 1.165) is 16.7 Å². The molecule has 3 aromatic carbocycles. The fourth-order valence-electron chi connectivity index (χ4n) is 3.66. The van der Waals surface area contributed by atoms with Gasteiger partial charge in [-0.3, -0.25) is 4.79 Å². The molecule has 0 radical (unpaired) electrons. The lowest BCUT2D eigenvalue weighted by molar-refractivity contribution is -0.174. The van der Waals surface area contributed by atoms with Gasteiger partial charge in [-0.05, 0) is 23.1 Å². The first-order chi connectivity index (χ1) is 17.7. The second-order valence-corrected chi connectivity index (χ2v) is 8.36. The van der Waals surface area contributed by atoms with Gasteiger partial charge in [0.25, 0.3) is 5.91 Å². The minimum absolute atomic E-state index is 0.0385. The van der Waals surface area contributed by atoms with Crippen molar-refractivity contribution in [3.05, 3.63) is 108 Å². The molecule has 0 saturated heterocycles. The highest BCUT2D eigenvalue weighted by Gasteiger charge is 2.37. The molecule has 7 nitrogen and oxygen atoms in total. The van der Waals surface area contributed by atoms with Crippen LogP contribution in [0.25, 0.3) is 0 Å². The normalized spacial score (nSPS) is 13.6. The van der Waals surface area contributed by atoms with E-state index in [1.54, 1.807) is 0 Å². The molecule has 0 aromatic heterocycles. The summed E-state index contributed by atoms with van der Waals surface area (Å²) in [6.45, 7) is 0.535. The summed E-state index contributed by atoms with van der Waals surface area (Å²) in [5.41, 5.74) is 2.76. The SMILES string of the molecule is O=C(NCCCO)[C@H](OCc1ccccc1)[C@@H](OCc1ccccc1)[C@@H](CO)OCc1ccccc1. The van der Waals surface area contributed by atoms with Gasteiger partial charge >= 0.3 is 0 Å². The summed E-state index contributed by atoms with van der Waals surface area (Å²) >= 11 is 0. The molecule has 0 saturated carbocycles. The molecule has 192 valence electrons. The predicted octanol–water partition coefficient (Wildman–Crippen LogP) is 3.23. The molecule has 36 heavy (non-hydrogen) atoms. The highest BCUT2D eigenvalue weighted by Crippen LogP contribution is 2.19. The molecule has 0 aliphatic rings. The molecular formula is C29H35NO6. The Hall–Kier alpha value is -3.07. The molecule has 0 spiro atoms. The van der Waals surface area contributed by atoms with E-state index in [2.05, 4.69) is 5.32 Å². The third-order valence-corrected chi connectivity index (χ3v) is 5.60. The van der Waals surface area contributed by atoms with Crippen LogP contribution >= 0.6 is 0 Å². The zero-order valence-corrected chi connectivity index (χ0v) is 20.4. The van der Waals surface area contributed by atoms with Gasteiger partial charge < -0.3 is 29.7 Å². The van der Waals surface area contributed by atoms with Crippen molar-refractivity contribution in [1.82, 2.24) is 5.32 Å². The predicted molar refractivity (Wildman–Crippen MR) is 137 cm³/mol. The molecule has 0 aliphatic carbocycles. The molecule has 0 fully saturated rings. The third-order valence-electron chi connectivity index (χ3n) is 5.60. The van der Waals surface area contributed by atoms with Gasteiger partial charge in [-0.1, -0.05) is 91.0 Å². The van der Waals surface area contributed by atoms with Crippen LogP contribution in [0.2, 0.25) is 0 Å². The first-order valence-corrected chi connectivity index (χ1v) is 12.2. The van der Waals surface area contributed by atoms with Crippen LogP contribution in [0.4, 0.5) is 0 Å². The first-order valence-electron chi connectivity index (χ1n) is 12.2. The largest absolute Gasteiger partial charge is 0.396 e. The van der Waals surface area contributed by atoms with Crippen LogP contribution in [-0.4, -0.2) is 54.2 Å². The average Bonchev–Trinajstić information content (AvgIpc) is 2.93. The highest BCUT2D eigenvalue weighted by atomic mass is 16.6. The molecule has 0 aliphatic heterocycles. The summed E-state index contributed by atoms with van der Waals surface area (Å²) < 4.78 is 18.4. The van der Waals surface area contributed by atoms with E-state index in [1.165, 1.54) is 0 Å². The number of aliphatic hydroxyl groups excluding tert-OH is 2. The van der Waals surface area contributed by atoms with Gasteiger partial charge in [0.2, 0.25) is 0 Å². The van der Waals surface area contributed by atoms with Crippen molar-refractivity contribution in [2.45, 2.75) is 44.6 Å². The maximum absolute atomic E-state index is 13.3. The van der Waals surface area contributed by atoms with Crippen LogP contribution in [0, 0.1) is 0 Å². The molecular weight excluding hydrogens is 458 g/mol. The Bertz CT molecular complexity index is 986. The summed E-state index contributed by atoms with van der Waals surface area (Å²) in [4.78, 5) is 13.3.